The number of hydrogen-bond donors (Lipinski definition) is 1. The molecule has 90 valence electrons. The van der Waals surface area contributed by atoms with E-state index in [0.717, 1.165) is 19.5 Å². The van der Waals surface area contributed by atoms with Gasteiger partial charge in [-0.25, -0.2) is 0 Å². The van der Waals surface area contributed by atoms with Crippen LogP contribution in [0.5, 0.6) is 0 Å². The molecule has 0 aromatic heterocycles. The van der Waals surface area contributed by atoms with Crippen molar-refractivity contribution in [2.24, 2.45) is 10.7 Å². The minimum Gasteiger partial charge on any atom is -0.370 e. The summed E-state index contributed by atoms with van der Waals surface area (Å²) in [5.41, 5.74) is 8.62. The Balaban J connectivity index is 2.30. The highest BCUT2D eigenvalue weighted by Crippen LogP contribution is 2.28. The molecule has 0 bridgehead atoms. The first-order valence-corrected chi connectivity index (χ1v) is 6.03. The van der Waals surface area contributed by atoms with Crippen molar-refractivity contribution in [1.82, 2.24) is 4.90 Å². The molecule has 2 N–H and O–H groups in total. The van der Waals surface area contributed by atoms with Gasteiger partial charge in [0, 0.05) is 6.54 Å². The molecule has 3 heteroatoms. The molecule has 0 aliphatic carbocycles. The van der Waals surface area contributed by atoms with Crippen LogP contribution in [0.2, 0.25) is 0 Å². The summed E-state index contributed by atoms with van der Waals surface area (Å²) in [7, 11) is 0. The van der Waals surface area contributed by atoms with Crippen LogP contribution < -0.4 is 5.73 Å². The van der Waals surface area contributed by atoms with Crippen molar-refractivity contribution in [3.8, 4) is 0 Å². The molecule has 2 rings (SSSR count). The quantitative estimate of drug-likeness (QED) is 0.803. The van der Waals surface area contributed by atoms with E-state index >= 15 is 0 Å². The summed E-state index contributed by atoms with van der Waals surface area (Å²) in [6.45, 7) is 7.45. The van der Waals surface area contributed by atoms with Gasteiger partial charge in [0.15, 0.2) is 5.96 Å². The molecule has 1 aromatic carbocycles. The summed E-state index contributed by atoms with van der Waals surface area (Å²) in [5, 5.41) is 0. The van der Waals surface area contributed by atoms with Crippen LogP contribution in [0.1, 0.15) is 24.1 Å². The molecular weight excluding hydrogens is 210 g/mol. The number of guanidine groups is 1. The van der Waals surface area contributed by atoms with Crippen LogP contribution in [0, 0.1) is 0 Å². The van der Waals surface area contributed by atoms with E-state index in [0.29, 0.717) is 5.96 Å². The third kappa shape index (κ3) is 2.18. The first kappa shape index (κ1) is 11.7. The highest BCUT2D eigenvalue weighted by atomic mass is 15.3. The van der Waals surface area contributed by atoms with E-state index in [1.54, 1.807) is 0 Å². The highest BCUT2D eigenvalue weighted by Gasteiger charge is 2.27. The van der Waals surface area contributed by atoms with E-state index in [1.807, 2.05) is 6.08 Å². The molecule has 17 heavy (non-hydrogen) atoms. The molecule has 0 saturated heterocycles. The zero-order valence-corrected chi connectivity index (χ0v) is 10.3. The maximum Gasteiger partial charge on any atom is 0.192 e. The van der Waals surface area contributed by atoms with Crippen molar-refractivity contribution < 1.29 is 0 Å². The number of rotatable bonds is 4. The normalized spacial score (nSPS) is 19.2. The number of nitrogens with zero attached hydrogens (tertiary/aromatic N) is 2. The van der Waals surface area contributed by atoms with E-state index in [2.05, 4.69) is 47.7 Å². The molecule has 1 aliphatic rings. The maximum atomic E-state index is 5.91. The Bertz CT molecular complexity index is 437. The van der Waals surface area contributed by atoms with E-state index in [-0.39, 0.29) is 6.04 Å². The minimum atomic E-state index is 0.268. The molecule has 1 unspecified atom stereocenters. The summed E-state index contributed by atoms with van der Waals surface area (Å²) < 4.78 is 0. The molecule has 1 aliphatic heterocycles. The highest BCUT2D eigenvalue weighted by molar-refractivity contribution is 5.80. The zero-order chi connectivity index (χ0) is 12.3. The summed E-state index contributed by atoms with van der Waals surface area (Å²) in [6, 6.07) is 8.78. The fraction of sp³-hybridized carbons (Fsp3) is 0.357. The van der Waals surface area contributed by atoms with Gasteiger partial charge in [0.2, 0.25) is 0 Å². The summed E-state index contributed by atoms with van der Waals surface area (Å²) in [6.07, 6.45) is 2.91. The standard InChI is InChI=1S/C14H19N3/c1-3-9-17-13(10-16-14(17)15)12-8-6-5-7-11(12)4-2/h3,5-8,13H,1,4,9-10H2,2H3,(H2,15,16). The zero-order valence-electron chi connectivity index (χ0n) is 10.3. The van der Waals surface area contributed by atoms with E-state index in [4.69, 9.17) is 5.73 Å². The predicted molar refractivity (Wildman–Crippen MR) is 72.0 cm³/mol. The van der Waals surface area contributed by atoms with Crippen LogP contribution in [0.15, 0.2) is 41.9 Å². The lowest BCUT2D eigenvalue weighted by molar-refractivity contribution is 0.378. The van der Waals surface area contributed by atoms with Gasteiger partial charge in [-0.15, -0.1) is 6.58 Å². The van der Waals surface area contributed by atoms with Crippen molar-refractivity contribution >= 4 is 5.96 Å². The molecule has 0 spiro atoms. The monoisotopic (exact) mass is 229 g/mol. The Morgan fingerprint density at radius 3 is 3.00 bits per heavy atom. The van der Waals surface area contributed by atoms with Gasteiger partial charge in [0.25, 0.3) is 0 Å². The second-order valence-corrected chi connectivity index (χ2v) is 4.21. The number of benzene rings is 1. The van der Waals surface area contributed by atoms with Crippen molar-refractivity contribution in [1.29, 1.82) is 0 Å². The fourth-order valence-electron chi connectivity index (χ4n) is 2.34. The van der Waals surface area contributed by atoms with Crippen LogP contribution in [-0.4, -0.2) is 23.9 Å². The average molecular weight is 229 g/mol. The van der Waals surface area contributed by atoms with Crippen molar-refractivity contribution in [2.45, 2.75) is 19.4 Å². The van der Waals surface area contributed by atoms with E-state index in [1.165, 1.54) is 11.1 Å². The van der Waals surface area contributed by atoms with Crippen molar-refractivity contribution in [3.05, 3.63) is 48.0 Å². The number of aliphatic imine (C=N–C) groups is 1. The Morgan fingerprint density at radius 2 is 2.29 bits per heavy atom. The van der Waals surface area contributed by atoms with Gasteiger partial charge in [0.05, 0.1) is 12.6 Å². The van der Waals surface area contributed by atoms with Gasteiger partial charge < -0.3 is 10.6 Å². The summed E-state index contributed by atoms with van der Waals surface area (Å²) in [5.74, 6) is 0.626. The average Bonchev–Trinajstić information content (AvgIpc) is 2.72. The number of hydrogen-bond acceptors (Lipinski definition) is 3. The second kappa shape index (κ2) is 5.04. The van der Waals surface area contributed by atoms with Gasteiger partial charge in [-0.05, 0) is 17.5 Å². The fourth-order valence-corrected chi connectivity index (χ4v) is 2.34. The molecule has 1 atom stereocenters. The lowest BCUT2D eigenvalue weighted by atomic mass is 9.98. The van der Waals surface area contributed by atoms with Gasteiger partial charge in [-0.3, -0.25) is 4.99 Å². The Labute approximate surface area is 103 Å². The van der Waals surface area contributed by atoms with Gasteiger partial charge in [0.1, 0.15) is 0 Å². The molecule has 3 nitrogen and oxygen atoms in total. The smallest absolute Gasteiger partial charge is 0.192 e. The molecule has 0 fully saturated rings. The maximum absolute atomic E-state index is 5.91. The SMILES string of the molecule is C=CCN1C(N)=NCC1c1ccccc1CC. The summed E-state index contributed by atoms with van der Waals surface area (Å²) >= 11 is 0. The third-order valence-corrected chi connectivity index (χ3v) is 3.22. The second-order valence-electron chi connectivity index (χ2n) is 4.21. The Morgan fingerprint density at radius 1 is 1.53 bits per heavy atom. The van der Waals surface area contributed by atoms with Crippen LogP contribution in [0.25, 0.3) is 0 Å². The third-order valence-electron chi connectivity index (χ3n) is 3.22. The van der Waals surface area contributed by atoms with Gasteiger partial charge >= 0.3 is 0 Å². The van der Waals surface area contributed by atoms with Gasteiger partial charge in [-0.1, -0.05) is 37.3 Å². The van der Waals surface area contributed by atoms with Crippen LogP contribution in [-0.2, 0) is 6.42 Å². The number of aryl methyl sites for hydroxylation is 1. The molecule has 1 heterocycles. The minimum absolute atomic E-state index is 0.268. The lowest BCUT2D eigenvalue weighted by Gasteiger charge is -2.26. The van der Waals surface area contributed by atoms with Crippen LogP contribution in [0.3, 0.4) is 0 Å². The lowest BCUT2D eigenvalue weighted by Crippen LogP contribution is -2.36. The Kier molecular flexibility index (Phi) is 3.47. The largest absolute Gasteiger partial charge is 0.370 e. The molecule has 0 amide bonds. The first-order valence-electron chi connectivity index (χ1n) is 6.03. The van der Waals surface area contributed by atoms with Crippen molar-refractivity contribution in [3.63, 3.8) is 0 Å². The van der Waals surface area contributed by atoms with Crippen LogP contribution in [0.4, 0.5) is 0 Å². The molecular formula is C14H19N3. The van der Waals surface area contributed by atoms with E-state index < -0.39 is 0 Å². The van der Waals surface area contributed by atoms with Gasteiger partial charge in [-0.2, -0.15) is 0 Å². The summed E-state index contributed by atoms with van der Waals surface area (Å²) in [4.78, 5) is 6.45. The van der Waals surface area contributed by atoms with Crippen LogP contribution >= 0.6 is 0 Å². The topological polar surface area (TPSA) is 41.6 Å². The molecule has 0 saturated carbocycles. The molecule has 0 radical (unpaired) electrons. The van der Waals surface area contributed by atoms with Crippen molar-refractivity contribution in [2.75, 3.05) is 13.1 Å². The number of nitrogens with two attached hydrogens (primary N) is 1. The van der Waals surface area contributed by atoms with E-state index in [9.17, 15) is 0 Å². The predicted octanol–water partition coefficient (Wildman–Crippen LogP) is 2.11. The first-order chi connectivity index (χ1) is 8.27. The molecule has 1 aromatic rings. The Hall–Kier alpha value is -1.77.